The van der Waals surface area contributed by atoms with Gasteiger partial charge in [-0.05, 0) is 38.1 Å². The second-order valence-corrected chi connectivity index (χ2v) is 4.02. The van der Waals surface area contributed by atoms with E-state index < -0.39 is 5.97 Å². The molecule has 1 heterocycles. The number of ether oxygens (including phenoxy) is 1. The zero-order valence-corrected chi connectivity index (χ0v) is 10.5. The van der Waals surface area contributed by atoms with Crippen molar-refractivity contribution >= 4 is 5.97 Å². The highest BCUT2D eigenvalue weighted by molar-refractivity contribution is 5.93. The molecule has 0 aromatic rings. The molecule has 18 heavy (non-hydrogen) atoms. The Kier molecular flexibility index (Phi) is 5.95. The van der Waals surface area contributed by atoms with E-state index in [0.717, 1.165) is 25.9 Å². The van der Waals surface area contributed by atoms with Crippen LogP contribution in [-0.4, -0.2) is 41.8 Å². The van der Waals surface area contributed by atoms with Gasteiger partial charge in [0, 0.05) is 13.1 Å². The first-order chi connectivity index (χ1) is 8.67. The van der Waals surface area contributed by atoms with Crippen molar-refractivity contribution in [1.29, 1.82) is 5.26 Å². The van der Waals surface area contributed by atoms with Gasteiger partial charge in [0.2, 0.25) is 0 Å². The SMILES string of the molecule is CCOC(=O)C(C#N)=CC=CN1CCC(O)CC1. The van der Waals surface area contributed by atoms with Gasteiger partial charge >= 0.3 is 5.97 Å². The van der Waals surface area contributed by atoms with Crippen LogP contribution in [0.2, 0.25) is 0 Å². The molecular formula is C13H18N2O3. The van der Waals surface area contributed by atoms with E-state index in [2.05, 4.69) is 0 Å². The Hall–Kier alpha value is -1.80. The molecule has 0 unspecified atom stereocenters. The Morgan fingerprint density at radius 2 is 2.22 bits per heavy atom. The minimum Gasteiger partial charge on any atom is -0.462 e. The van der Waals surface area contributed by atoms with Crippen molar-refractivity contribution < 1.29 is 14.6 Å². The molecule has 98 valence electrons. The van der Waals surface area contributed by atoms with Crippen LogP contribution in [0.1, 0.15) is 19.8 Å². The van der Waals surface area contributed by atoms with Crippen molar-refractivity contribution in [2.45, 2.75) is 25.9 Å². The number of nitriles is 1. The molecule has 5 heteroatoms. The summed E-state index contributed by atoms with van der Waals surface area (Å²) in [4.78, 5) is 13.4. The van der Waals surface area contributed by atoms with Gasteiger partial charge in [-0.25, -0.2) is 4.79 Å². The molecule has 0 aromatic carbocycles. The van der Waals surface area contributed by atoms with Crippen molar-refractivity contribution in [2.24, 2.45) is 0 Å². The molecule has 1 fully saturated rings. The van der Waals surface area contributed by atoms with Gasteiger partial charge in [-0.3, -0.25) is 0 Å². The van der Waals surface area contributed by atoms with Crippen molar-refractivity contribution in [2.75, 3.05) is 19.7 Å². The van der Waals surface area contributed by atoms with Crippen LogP contribution in [0.3, 0.4) is 0 Å². The van der Waals surface area contributed by atoms with Crippen molar-refractivity contribution in [1.82, 2.24) is 4.90 Å². The predicted octanol–water partition coefficient (Wildman–Crippen LogP) is 0.970. The third kappa shape index (κ3) is 4.60. The largest absolute Gasteiger partial charge is 0.462 e. The van der Waals surface area contributed by atoms with E-state index in [1.54, 1.807) is 13.0 Å². The first kappa shape index (κ1) is 14.3. The van der Waals surface area contributed by atoms with Crippen molar-refractivity contribution in [3.8, 4) is 6.07 Å². The lowest BCUT2D eigenvalue weighted by molar-refractivity contribution is -0.138. The second-order valence-electron chi connectivity index (χ2n) is 4.02. The fourth-order valence-corrected chi connectivity index (χ4v) is 1.66. The Labute approximate surface area is 107 Å². The average Bonchev–Trinajstić information content (AvgIpc) is 2.37. The number of nitrogens with zero attached hydrogens (tertiary/aromatic N) is 2. The maximum absolute atomic E-state index is 11.3. The third-order valence-electron chi connectivity index (χ3n) is 2.67. The third-order valence-corrected chi connectivity index (χ3v) is 2.67. The Morgan fingerprint density at radius 3 is 2.78 bits per heavy atom. The van der Waals surface area contributed by atoms with Gasteiger partial charge in [-0.1, -0.05) is 0 Å². The average molecular weight is 250 g/mol. The zero-order valence-electron chi connectivity index (χ0n) is 10.5. The van der Waals surface area contributed by atoms with Crippen LogP contribution in [0.4, 0.5) is 0 Å². The second kappa shape index (κ2) is 7.51. The first-order valence-electron chi connectivity index (χ1n) is 6.05. The summed E-state index contributed by atoms with van der Waals surface area (Å²) in [5, 5.41) is 18.1. The van der Waals surface area contributed by atoms with Crippen LogP contribution in [0.15, 0.2) is 23.9 Å². The molecule has 1 N–H and O–H groups in total. The van der Waals surface area contributed by atoms with E-state index in [0.29, 0.717) is 0 Å². The van der Waals surface area contributed by atoms with E-state index in [1.807, 2.05) is 17.2 Å². The number of hydrogen-bond acceptors (Lipinski definition) is 5. The van der Waals surface area contributed by atoms with Gasteiger partial charge in [0.25, 0.3) is 0 Å². The predicted molar refractivity (Wildman–Crippen MR) is 66.3 cm³/mol. The molecule has 0 amide bonds. The van der Waals surface area contributed by atoms with E-state index >= 15 is 0 Å². The van der Waals surface area contributed by atoms with Gasteiger partial charge in [-0.2, -0.15) is 5.26 Å². The summed E-state index contributed by atoms with van der Waals surface area (Å²) in [6, 6.07) is 1.81. The molecule has 0 atom stereocenters. The van der Waals surface area contributed by atoms with E-state index in [9.17, 15) is 9.90 Å². The lowest BCUT2D eigenvalue weighted by atomic mass is 10.1. The number of aliphatic hydroxyl groups is 1. The molecule has 0 bridgehead atoms. The number of allylic oxidation sites excluding steroid dienone is 2. The molecule has 1 saturated heterocycles. The summed E-state index contributed by atoms with van der Waals surface area (Å²) in [5.41, 5.74) is -0.00913. The minimum absolute atomic E-state index is 0.00913. The van der Waals surface area contributed by atoms with Crippen LogP contribution in [0.25, 0.3) is 0 Å². The van der Waals surface area contributed by atoms with Crippen molar-refractivity contribution in [3.05, 3.63) is 23.9 Å². The topological polar surface area (TPSA) is 73.6 Å². The molecule has 0 aliphatic carbocycles. The Balaban J connectivity index is 2.50. The van der Waals surface area contributed by atoms with Gasteiger partial charge in [0.1, 0.15) is 11.6 Å². The van der Waals surface area contributed by atoms with E-state index in [1.165, 1.54) is 6.08 Å². The smallest absolute Gasteiger partial charge is 0.348 e. The normalized spacial score (nSPS) is 17.8. The highest BCUT2D eigenvalue weighted by Crippen LogP contribution is 2.10. The highest BCUT2D eigenvalue weighted by atomic mass is 16.5. The molecule has 0 spiro atoms. The van der Waals surface area contributed by atoms with Crippen molar-refractivity contribution in [3.63, 3.8) is 0 Å². The molecule has 0 aromatic heterocycles. The summed E-state index contributed by atoms with van der Waals surface area (Å²) >= 11 is 0. The summed E-state index contributed by atoms with van der Waals surface area (Å²) in [6.45, 7) is 3.52. The highest BCUT2D eigenvalue weighted by Gasteiger charge is 2.13. The number of aliphatic hydroxyl groups excluding tert-OH is 1. The number of hydrogen-bond donors (Lipinski definition) is 1. The van der Waals surface area contributed by atoms with E-state index in [4.69, 9.17) is 10.00 Å². The summed E-state index contributed by atoms with van der Waals surface area (Å²) in [6.07, 6.45) is 6.21. The quantitative estimate of drug-likeness (QED) is 0.348. The monoisotopic (exact) mass is 250 g/mol. The van der Waals surface area contributed by atoms with Crippen LogP contribution in [0.5, 0.6) is 0 Å². The maximum Gasteiger partial charge on any atom is 0.348 e. The molecule has 1 rings (SSSR count). The van der Waals surface area contributed by atoms with E-state index in [-0.39, 0.29) is 18.3 Å². The summed E-state index contributed by atoms with van der Waals surface area (Å²) < 4.78 is 4.74. The molecular weight excluding hydrogens is 232 g/mol. The number of rotatable bonds is 4. The fourth-order valence-electron chi connectivity index (χ4n) is 1.66. The van der Waals surface area contributed by atoms with Gasteiger partial charge in [0.15, 0.2) is 0 Å². The molecule has 1 aliphatic rings. The minimum atomic E-state index is -0.598. The van der Waals surface area contributed by atoms with Crippen LogP contribution < -0.4 is 0 Å². The first-order valence-corrected chi connectivity index (χ1v) is 6.05. The number of carbonyl (C=O) groups is 1. The zero-order chi connectivity index (χ0) is 13.4. The number of carbonyl (C=O) groups excluding carboxylic acids is 1. The lowest BCUT2D eigenvalue weighted by Crippen LogP contribution is -2.31. The molecule has 1 aliphatic heterocycles. The van der Waals surface area contributed by atoms with Gasteiger partial charge in [0.05, 0.1) is 12.7 Å². The summed E-state index contributed by atoms with van der Waals surface area (Å²) in [7, 11) is 0. The van der Waals surface area contributed by atoms with Crippen LogP contribution >= 0.6 is 0 Å². The molecule has 0 radical (unpaired) electrons. The molecule has 5 nitrogen and oxygen atoms in total. The summed E-state index contributed by atoms with van der Waals surface area (Å²) in [5.74, 6) is -0.598. The maximum atomic E-state index is 11.3. The van der Waals surface area contributed by atoms with Crippen LogP contribution in [0, 0.1) is 11.3 Å². The van der Waals surface area contributed by atoms with Gasteiger partial charge < -0.3 is 14.7 Å². The Morgan fingerprint density at radius 1 is 1.56 bits per heavy atom. The van der Waals surface area contributed by atoms with Gasteiger partial charge in [-0.15, -0.1) is 0 Å². The fraction of sp³-hybridized carbons (Fsp3) is 0.538. The standard InChI is InChI=1S/C13H18N2O3/c1-2-18-13(17)11(10-14)4-3-7-15-8-5-12(16)6-9-15/h3-4,7,12,16H,2,5-6,8-9H2,1H3. The number of esters is 1. The number of piperidine rings is 1. The lowest BCUT2D eigenvalue weighted by Gasteiger charge is -2.28. The molecule has 0 saturated carbocycles. The van der Waals surface area contributed by atoms with Crippen LogP contribution in [-0.2, 0) is 9.53 Å². The Bertz CT molecular complexity index is 374. The number of likely N-dealkylation sites (tertiary alicyclic amines) is 1.